The van der Waals surface area contributed by atoms with Crippen molar-refractivity contribution >= 4 is 11.9 Å². The molecule has 1 aromatic carbocycles. The molecule has 0 spiro atoms. The molecule has 0 saturated carbocycles. The first-order chi connectivity index (χ1) is 14.4. The molecule has 1 saturated heterocycles. The number of amides is 1. The molecule has 2 aromatic rings. The van der Waals surface area contributed by atoms with Crippen molar-refractivity contribution in [3.8, 4) is 5.75 Å². The lowest BCUT2D eigenvalue weighted by molar-refractivity contribution is 0.0599. The summed E-state index contributed by atoms with van der Waals surface area (Å²) in [5, 5.41) is 0. The molecule has 1 aliphatic rings. The van der Waals surface area contributed by atoms with E-state index in [2.05, 4.69) is 17.1 Å². The van der Waals surface area contributed by atoms with Crippen LogP contribution in [0.25, 0.3) is 0 Å². The summed E-state index contributed by atoms with van der Waals surface area (Å²) in [5.74, 6) is 1.10. The Morgan fingerprint density at radius 2 is 1.80 bits per heavy atom. The number of hydrogen-bond donors (Lipinski definition) is 1. The van der Waals surface area contributed by atoms with Gasteiger partial charge in [-0.15, -0.1) is 0 Å². The molecular formula is C24H32N2O4. The number of H-pyrrole nitrogens is 1. The number of carbonyl (C=O) groups excluding carboxylic acids is 2. The maximum atomic E-state index is 13.0. The number of aryl methyl sites for hydroxylation is 2. The number of rotatable bonds is 7. The largest absolute Gasteiger partial charge is 0.494 e. The number of likely N-dealkylation sites (tertiary alicyclic amines) is 1. The van der Waals surface area contributed by atoms with E-state index in [4.69, 9.17) is 9.47 Å². The zero-order valence-corrected chi connectivity index (χ0v) is 18.4. The van der Waals surface area contributed by atoms with Gasteiger partial charge in [0.15, 0.2) is 0 Å². The molecule has 3 rings (SSSR count). The molecular weight excluding hydrogens is 380 g/mol. The van der Waals surface area contributed by atoms with Gasteiger partial charge in [0, 0.05) is 18.8 Å². The fourth-order valence-corrected chi connectivity index (χ4v) is 4.24. The highest BCUT2D eigenvalue weighted by Gasteiger charge is 2.28. The lowest BCUT2D eigenvalue weighted by atomic mass is 9.90. The van der Waals surface area contributed by atoms with Gasteiger partial charge >= 0.3 is 5.97 Å². The highest BCUT2D eigenvalue weighted by Crippen LogP contribution is 2.26. The highest BCUT2D eigenvalue weighted by molar-refractivity contribution is 6.00. The minimum Gasteiger partial charge on any atom is -0.494 e. The van der Waals surface area contributed by atoms with Crippen LogP contribution in [0.1, 0.15) is 63.9 Å². The van der Waals surface area contributed by atoms with E-state index in [9.17, 15) is 9.59 Å². The third-order valence-electron chi connectivity index (χ3n) is 6.02. The molecule has 0 bridgehead atoms. The minimum absolute atomic E-state index is 0.0317. The standard InChI is InChI=1S/C24H32N2O4/c1-5-30-20-10-8-18(9-11-20)6-7-19-12-14-26(15-13-19)23(27)22-16(2)21(17(3)25-22)24(28)29-4/h8-11,19,25H,5-7,12-15H2,1-4H3. The van der Waals surface area contributed by atoms with Gasteiger partial charge in [-0.05, 0) is 75.6 Å². The summed E-state index contributed by atoms with van der Waals surface area (Å²) < 4.78 is 10.3. The third kappa shape index (κ3) is 4.86. The molecule has 162 valence electrons. The van der Waals surface area contributed by atoms with Crippen molar-refractivity contribution < 1.29 is 19.1 Å². The number of carbonyl (C=O) groups is 2. The Morgan fingerprint density at radius 1 is 1.13 bits per heavy atom. The predicted molar refractivity (Wildman–Crippen MR) is 116 cm³/mol. The summed E-state index contributed by atoms with van der Waals surface area (Å²) in [6.45, 7) is 7.76. The fraction of sp³-hybridized carbons (Fsp3) is 0.500. The maximum absolute atomic E-state index is 13.0. The van der Waals surface area contributed by atoms with Crippen molar-refractivity contribution in [2.75, 3.05) is 26.8 Å². The number of methoxy groups -OCH3 is 1. The van der Waals surface area contributed by atoms with Crippen molar-refractivity contribution in [2.45, 2.75) is 46.5 Å². The number of aromatic amines is 1. The zero-order chi connectivity index (χ0) is 21.7. The molecule has 1 aliphatic heterocycles. The Hall–Kier alpha value is -2.76. The smallest absolute Gasteiger partial charge is 0.339 e. The molecule has 1 amide bonds. The Balaban J connectivity index is 1.53. The van der Waals surface area contributed by atoms with E-state index in [1.165, 1.54) is 12.7 Å². The summed E-state index contributed by atoms with van der Waals surface area (Å²) in [5.41, 5.74) is 3.63. The van der Waals surface area contributed by atoms with Gasteiger partial charge in [-0.3, -0.25) is 4.79 Å². The molecule has 0 aliphatic carbocycles. The van der Waals surface area contributed by atoms with Gasteiger partial charge in [0.1, 0.15) is 11.4 Å². The first-order valence-corrected chi connectivity index (χ1v) is 10.7. The zero-order valence-electron chi connectivity index (χ0n) is 18.4. The predicted octanol–water partition coefficient (Wildman–Crippen LogP) is 4.30. The van der Waals surface area contributed by atoms with Crippen LogP contribution in [0.2, 0.25) is 0 Å². The lowest BCUT2D eigenvalue weighted by Gasteiger charge is -2.32. The van der Waals surface area contributed by atoms with Crippen LogP contribution in [0, 0.1) is 19.8 Å². The Bertz CT molecular complexity index is 877. The van der Waals surface area contributed by atoms with Crippen LogP contribution in [0.4, 0.5) is 0 Å². The average molecular weight is 413 g/mol. The maximum Gasteiger partial charge on any atom is 0.339 e. The third-order valence-corrected chi connectivity index (χ3v) is 6.02. The summed E-state index contributed by atoms with van der Waals surface area (Å²) in [6, 6.07) is 8.34. The topological polar surface area (TPSA) is 71.6 Å². The summed E-state index contributed by atoms with van der Waals surface area (Å²) >= 11 is 0. The van der Waals surface area contributed by atoms with Crippen LogP contribution in [-0.2, 0) is 11.2 Å². The number of ether oxygens (including phenoxy) is 2. The Kier molecular flexibility index (Phi) is 7.19. The minimum atomic E-state index is -0.409. The summed E-state index contributed by atoms with van der Waals surface area (Å²) in [7, 11) is 1.35. The molecule has 0 unspecified atom stereocenters. The van der Waals surface area contributed by atoms with Gasteiger partial charge in [0.2, 0.25) is 0 Å². The van der Waals surface area contributed by atoms with Gasteiger partial charge < -0.3 is 19.4 Å². The second-order valence-corrected chi connectivity index (χ2v) is 7.97. The number of hydrogen-bond acceptors (Lipinski definition) is 4. The van der Waals surface area contributed by atoms with E-state index in [-0.39, 0.29) is 5.91 Å². The van der Waals surface area contributed by atoms with E-state index in [0.29, 0.717) is 35.0 Å². The summed E-state index contributed by atoms with van der Waals surface area (Å²) in [6.07, 6.45) is 4.18. The second kappa shape index (κ2) is 9.83. The van der Waals surface area contributed by atoms with Crippen LogP contribution in [0.5, 0.6) is 5.75 Å². The van der Waals surface area contributed by atoms with Crippen LogP contribution < -0.4 is 4.74 Å². The molecule has 1 N–H and O–H groups in total. The molecule has 1 fully saturated rings. The van der Waals surface area contributed by atoms with E-state index < -0.39 is 5.97 Å². The van der Waals surface area contributed by atoms with Crippen molar-refractivity contribution in [1.82, 2.24) is 9.88 Å². The number of piperidine rings is 1. The SMILES string of the molecule is CCOc1ccc(CCC2CCN(C(=O)c3[nH]c(C)c(C(=O)OC)c3C)CC2)cc1. The first kappa shape index (κ1) is 21.9. The van der Waals surface area contributed by atoms with Crippen molar-refractivity contribution in [2.24, 2.45) is 5.92 Å². The van der Waals surface area contributed by atoms with Gasteiger partial charge in [0.25, 0.3) is 5.91 Å². The number of nitrogens with zero attached hydrogens (tertiary/aromatic N) is 1. The van der Waals surface area contributed by atoms with Gasteiger partial charge in [-0.25, -0.2) is 4.79 Å². The van der Waals surface area contributed by atoms with Crippen molar-refractivity contribution in [1.29, 1.82) is 0 Å². The Labute approximate surface area is 178 Å². The van der Waals surface area contributed by atoms with Crippen LogP contribution in [0.3, 0.4) is 0 Å². The van der Waals surface area contributed by atoms with E-state index in [1.807, 2.05) is 24.0 Å². The van der Waals surface area contributed by atoms with E-state index >= 15 is 0 Å². The highest BCUT2D eigenvalue weighted by atomic mass is 16.5. The fourth-order valence-electron chi connectivity index (χ4n) is 4.24. The number of aromatic nitrogens is 1. The van der Waals surface area contributed by atoms with E-state index in [1.54, 1.807) is 13.8 Å². The van der Waals surface area contributed by atoms with Crippen LogP contribution in [0.15, 0.2) is 24.3 Å². The quantitative estimate of drug-likeness (QED) is 0.688. The molecule has 2 heterocycles. The van der Waals surface area contributed by atoms with Crippen LogP contribution >= 0.6 is 0 Å². The molecule has 1 aromatic heterocycles. The molecule has 0 atom stereocenters. The van der Waals surface area contributed by atoms with Crippen molar-refractivity contribution in [3.05, 3.63) is 52.3 Å². The normalized spacial score (nSPS) is 14.6. The van der Waals surface area contributed by atoms with Crippen LogP contribution in [-0.4, -0.2) is 48.6 Å². The number of nitrogens with one attached hydrogen (secondary N) is 1. The van der Waals surface area contributed by atoms with Gasteiger partial charge in [0.05, 0.1) is 19.3 Å². The van der Waals surface area contributed by atoms with Gasteiger partial charge in [-0.1, -0.05) is 12.1 Å². The first-order valence-electron chi connectivity index (χ1n) is 10.7. The van der Waals surface area contributed by atoms with Gasteiger partial charge in [-0.2, -0.15) is 0 Å². The molecule has 6 nitrogen and oxygen atoms in total. The molecule has 6 heteroatoms. The second-order valence-electron chi connectivity index (χ2n) is 7.97. The monoisotopic (exact) mass is 412 g/mol. The van der Waals surface area contributed by atoms with Crippen molar-refractivity contribution in [3.63, 3.8) is 0 Å². The lowest BCUT2D eigenvalue weighted by Crippen LogP contribution is -2.39. The average Bonchev–Trinajstić information content (AvgIpc) is 3.06. The van der Waals surface area contributed by atoms with E-state index in [0.717, 1.165) is 44.5 Å². The molecule has 0 radical (unpaired) electrons. The number of benzene rings is 1. The summed E-state index contributed by atoms with van der Waals surface area (Å²) in [4.78, 5) is 30.0. The number of esters is 1. The Morgan fingerprint density at radius 3 is 2.40 bits per heavy atom. The molecule has 30 heavy (non-hydrogen) atoms.